The number of fused-ring (bicyclic) bond motifs is 2. The van der Waals surface area contributed by atoms with Crippen molar-refractivity contribution in [3.05, 3.63) is 89.5 Å². The molecule has 2 unspecified atom stereocenters. The Balaban J connectivity index is 1.25. The summed E-state index contributed by atoms with van der Waals surface area (Å²) in [6.45, 7) is 4.88. The fourth-order valence-electron chi connectivity index (χ4n) is 7.00. The van der Waals surface area contributed by atoms with Crippen molar-refractivity contribution in [3.8, 4) is 0 Å². The number of ether oxygens (including phenoxy) is 1. The van der Waals surface area contributed by atoms with Gasteiger partial charge in [-0.1, -0.05) is 38.1 Å². The molecule has 1 N–H and O–H groups in total. The minimum absolute atomic E-state index is 0.197. The summed E-state index contributed by atoms with van der Waals surface area (Å²) in [5.41, 5.74) is 5.07. The molecule has 5 nitrogen and oxygen atoms in total. The summed E-state index contributed by atoms with van der Waals surface area (Å²) in [6.07, 6.45) is 6.80. The van der Waals surface area contributed by atoms with Gasteiger partial charge in [0.25, 0.3) is 5.91 Å². The van der Waals surface area contributed by atoms with E-state index in [2.05, 4.69) is 43.4 Å². The van der Waals surface area contributed by atoms with Gasteiger partial charge in [-0.3, -0.25) is 4.79 Å². The van der Waals surface area contributed by atoms with E-state index in [1.807, 2.05) is 12.1 Å². The fourth-order valence-corrected chi connectivity index (χ4v) is 7.00. The molecule has 38 heavy (non-hydrogen) atoms. The Hall–Kier alpha value is -3.60. The Bertz CT molecular complexity index is 1280. The van der Waals surface area contributed by atoms with Crippen LogP contribution in [0.15, 0.2) is 72.8 Å². The second kappa shape index (κ2) is 10.6. The van der Waals surface area contributed by atoms with Crippen LogP contribution in [-0.2, 0) is 10.2 Å². The first kappa shape index (κ1) is 26.0. The van der Waals surface area contributed by atoms with Gasteiger partial charge in [0.15, 0.2) is 0 Å². The monoisotopic (exact) mass is 510 g/mol. The van der Waals surface area contributed by atoms with Crippen molar-refractivity contribution in [3.63, 3.8) is 0 Å². The molecule has 2 atom stereocenters. The van der Waals surface area contributed by atoms with Crippen LogP contribution in [0.3, 0.4) is 0 Å². The van der Waals surface area contributed by atoms with Crippen LogP contribution in [0.5, 0.6) is 0 Å². The molecule has 1 amide bonds. The molecule has 3 aromatic carbocycles. The highest BCUT2D eigenvalue weighted by molar-refractivity contribution is 6.09. The number of amides is 1. The number of para-hydroxylation sites is 1. The van der Waals surface area contributed by atoms with Gasteiger partial charge >= 0.3 is 5.97 Å². The Morgan fingerprint density at radius 2 is 1.45 bits per heavy atom. The van der Waals surface area contributed by atoms with E-state index in [-0.39, 0.29) is 11.3 Å². The van der Waals surface area contributed by atoms with Crippen molar-refractivity contribution in [1.29, 1.82) is 0 Å². The van der Waals surface area contributed by atoms with Gasteiger partial charge < -0.3 is 15.0 Å². The predicted molar refractivity (Wildman–Crippen MR) is 153 cm³/mol. The molecule has 0 radical (unpaired) electrons. The third kappa shape index (κ3) is 5.33. The number of carbonyl (C=O) groups is 2. The van der Waals surface area contributed by atoms with E-state index in [0.717, 1.165) is 29.1 Å². The zero-order valence-electron chi connectivity index (χ0n) is 22.9. The second-order valence-corrected chi connectivity index (χ2v) is 11.7. The molecule has 198 valence electrons. The fraction of sp³-hybridized carbons (Fsp3) is 0.394. The minimum atomic E-state index is -0.472. The summed E-state index contributed by atoms with van der Waals surface area (Å²) in [5, 5.41) is 3.46. The first-order valence-corrected chi connectivity index (χ1v) is 13.7. The van der Waals surface area contributed by atoms with E-state index in [0.29, 0.717) is 16.8 Å². The molecular weight excluding hydrogens is 472 g/mol. The third-order valence-electron chi connectivity index (χ3n) is 8.59. The maximum Gasteiger partial charge on any atom is 0.339 e. The molecule has 3 aromatic rings. The number of nitrogens with one attached hydrogen (secondary N) is 1. The van der Waals surface area contributed by atoms with E-state index in [4.69, 9.17) is 4.74 Å². The molecule has 0 heterocycles. The van der Waals surface area contributed by atoms with Gasteiger partial charge in [0.1, 0.15) is 0 Å². The average molecular weight is 511 g/mol. The van der Waals surface area contributed by atoms with Gasteiger partial charge in [0.05, 0.1) is 18.4 Å². The molecule has 2 saturated carbocycles. The second-order valence-electron chi connectivity index (χ2n) is 11.7. The predicted octanol–water partition coefficient (Wildman–Crippen LogP) is 7.60. The van der Waals surface area contributed by atoms with Crippen molar-refractivity contribution >= 4 is 28.9 Å². The van der Waals surface area contributed by atoms with Crippen molar-refractivity contribution in [1.82, 2.24) is 0 Å². The van der Waals surface area contributed by atoms with Crippen LogP contribution >= 0.6 is 0 Å². The number of benzene rings is 3. The Morgan fingerprint density at radius 1 is 0.868 bits per heavy atom. The van der Waals surface area contributed by atoms with Crippen LogP contribution in [0.4, 0.5) is 17.1 Å². The molecule has 2 fully saturated rings. The molecule has 0 spiro atoms. The van der Waals surface area contributed by atoms with Gasteiger partial charge in [-0.2, -0.15) is 0 Å². The van der Waals surface area contributed by atoms with Crippen LogP contribution in [0, 0.1) is 17.8 Å². The van der Waals surface area contributed by atoms with Crippen molar-refractivity contribution < 1.29 is 14.3 Å². The molecule has 2 aliphatic rings. The topological polar surface area (TPSA) is 58.6 Å². The summed E-state index contributed by atoms with van der Waals surface area (Å²) in [7, 11) is 3.00. The van der Waals surface area contributed by atoms with E-state index in [1.54, 1.807) is 43.4 Å². The van der Waals surface area contributed by atoms with Crippen LogP contribution < -0.4 is 10.2 Å². The minimum Gasteiger partial charge on any atom is -0.465 e. The first-order chi connectivity index (χ1) is 18.3. The number of hydrogen-bond donors (Lipinski definition) is 1. The molecular formula is C33H38N2O3. The Morgan fingerprint density at radius 3 is 2.05 bits per heavy atom. The number of hydrogen-bond acceptors (Lipinski definition) is 4. The lowest BCUT2D eigenvalue weighted by molar-refractivity contribution is 0.0601. The molecule has 5 heteroatoms. The number of esters is 1. The molecule has 0 aliphatic heterocycles. The van der Waals surface area contributed by atoms with Gasteiger partial charge in [0, 0.05) is 24.0 Å². The standard InChI is InChI=1S/C33H38N2O3/c1-22-17-23-19-24(18-22)21-33(2,20-23)26-11-15-28(16-12-26)34-27-13-9-25(10-14-27)31(36)35(3)30-8-6-5-7-29(30)32(37)38-4/h5-16,22-24,34H,17-21H2,1-4H3. The van der Waals surface area contributed by atoms with E-state index >= 15 is 0 Å². The van der Waals surface area contributed by atoms with Gasteiger partial charge in [-0.25, -0.2) is 4.79 Å². The highest BCUT2D eigenvalue weighted by Gasteiger charge is 2.41. The highest BCUT2D eigenvalue weighted by atomic mass is 16.5. The normalized spacial score (nSPS) is 24.4. The number of nitrogens with zero attached hydrogens (tertiary/aromatic N) is 1. The maximum atomic E-state index is 13.1. The number of rotatable bonds is 6. The van der Waals surface area contributed by atoms with Crippen LogP contribution in [-0.4, -0.2) is 26.0 Å². The van der Waals surface area contributed by atoms with E-state index in [9.17, 15) is 9.59 Å². The number of methoxy groups -OCH3 is 1. The molecule has 0 saturated heterocycles. The number of carbonyl (C=O) groups excluding carboxylic acids is 2. The van der Waals surface area contributed by atoms with Crippen molar-refractivity contribution in [2.75, 3.05) is 24.4 Å². The summed E-state index contributed by atoms with van der Waals surface area (Å²) in [6, 6.07) is 23.3. The van der Waals surface area contributed by atoms with Gasteiger partial charge in [-0.15, -0.1) is 0 Å². The van der Waals surface area contributed by atoms with Crippen LogP contribution in [0.2, 0.25) is 0 Å². The lowest BCUT2D eigenvalue weighted by Crippen LogP contribution is -2.38. The summed E-state index contributed by atoms with van der Waals surface area (Å²) < 4.78 is 4.87. The first-order valence-electron chi connectivity index (χ1n) is 13.7. The summed E-state index contributed by atoms with van der Waals surface area (Å²) >= 11 is 0. The largest absolute Gasteiger partial charge is 0.465 e. The zero-order valence-corrected chi connectivity index (χ0v) is 22.9. The van der Waals surface area contributed by atoms with Gasteiger partial charge in [-0.05, 0) is 109 Å². The smallest absolute Gasteiger partial charge is 0.339 e. The molecule has 2 bridgehead atoms. The number of anilines is 3. The maximum absolute atomic E-state index is 13.1. The Labute approximate surface area is 226 Å². The SMILES string of the molecule is COC(=O)c1ccccc1N(C)C(=O)c1ccc(Nc2ccc(C3(C)CC4CC(C)CC(C4)C3)cc2)cc1. The quantitative estimate of drug-likeness (QED) is 0.347. The van der Waals surface area contributed by atoms with E-state index < -0.39 is 5.97 Å². The van der Waals surface area contributed by atoms with Crippen LogP contribution in [0.25, 0.3) is 0 Å². The summed E-state index contributed by atoms with van der Waals surface area (Å²) in [5.74, 6) is 1.95. The molecule has 2 aliphatic carbocycles. The van der Waals surface area contributed by atoms with Crippen LogP contribution in [0.1, 0.15) is 72.2 Å². The van der Waals surface area contributed by atoms with Gasteiger partial charge in [0.2, 0.25) is 0 Å². The van der Waals surface area contributed by atoms with Crippen molar-refractivity contribution in [2.45, 2.75) is 51.4 Å². The Kier molecular flexibility index (Phi) is 7.29. The molecule has 0 aromatic heterocycles. The zero-order chi connectivity index (χ0) is 26.9. The lowest BCUT2D eigenvalue weighted by atomic mass is 9.57. The average Bonchev–Trinajstić information content (AvgIpc) is 2.92. The lowest BCUT2D eigenvalue weighted by Gasteiger charge is -2.47. The third-order valence-corrected chi connectivity index (χ3v) is 8.59. The van der Waals surface area contributed by atoms with E-state index in [1.165, 1.54) is 49.7 Å². The van der Waals surface area contributed by atoms with Crippen molar-refractivity contribution in [2.24, 2.45) is 17.8 Å². The summed E-state index contributed by atoms with van der Waals surface area (Å²) in [4.78, 5) is 26.8. The highest BCUT2D eigenvalue weighted by Crippen LogP contribution is 2.51. The molecule has 5 rings (SSSR count).